The molecule has 3 unspecified atom stereocenters. The smallest absolute Gasteiger partial charge is 0.383 e. The zero-order valence-corrected chi connectivity index (χ0v) is 18.6. The van der Waals surface area contributed by atoms with Crippen molar-refractivity contribution >= 4 is 32.8 Å². The predicted molar refractivity (Wildman–Crippen MR) is 103 cm³/mol. The third-order valence-electron chi connectivity index (χ3n) is 3.59. The van der Waals surface area contributed by atoms with E-state index in [1.165, 1.54) is 11.3 Å². The van der Waals surface area contributed by atoms with E-state index < -0.39 is 21.9 Å². The lowest BCUT2D eigenvalue weighted by Gasteiger charge is -2.16. The minimum absolute atomic E-state index is 0.250. The van der Waals surface area contributed by atoms with Gasteiger partial charge >= 0.3 is 15.6 Å². The number of aliphatic hydroxyl groups is 1. The van der Waals surface area contributed by atoms with Crippen molar-refractivity contribution in [3.8, 4) is 0 Å². The molecule has 0 amide bonds. The molecule has 0 spiro atoms. The molecule has 3 atom stereocenters. The maximum absolute atomic E-state index is 11.8. The Balaban J connectivity index is 1.95. The van der Waals surface area contributed by atoms with E-state index in [1.807, 2.05) is 17.0 Å². The Morgan fingerprint density at radius 1 is 1.31 bits per heavy atom. The van der Waals surface area contributed by atoms with Gasteiger partial charge in [0.25, 0.3) is 0 Å². The van der Waals surface area contributed by atoms with E-state index in [0.29, 0.717) is 18.2 Å². The van der Waals surface area contributed by atoms with E-state index in [9.17, 15) is 18.9 Å². The summed E-state index contributed by atoms with van der Waals surface area (Å²) in [6, 6.07) is 0. The summed E-state index contributed by atoms with van der Waals surface area (Å²) < 4.78 is 38.1. The van der Waals surface area contributed by atoms with Crippen molar-refractivity contribution in [2.24, 2.45) is 0 Å². The fourth-order valence-corrected chi connectivity index (χ4v) is 5.35. The molecule has 2 aromatic heterocycles. The summed E-state index contributed by atoms with van der Waals surface area (Å²) >= 11 is 1.40. The molecule has 2 rings (SSSR count). The highest BCUT2D eigenvalue weighted by molar-refractivity contribution is 7.61. The molecule has 0 aliphatic carbocycles. The van der Waals surface area contributed by atoms with Crippen LogP contribution >= 0.6 is 27.0 Å². The lowest BCUT2D eigenvalue weighted by atomic mass is 10.2. The number of anilines is 1. The summed E-state index contributed by atoms with van der Waals surface area (Å²) in [5.41, 5.74) is 9.42. The van der Waals surface area contributed by atoms with Crippen LogP contribution in [0.15, 0.2) is 11.7 Å². The number of hydrogen-bond donors (Lipinski definition) is 4. The molecule has 2 aromatic rings. The first-order chi connectivity index (χ1) is 13.4. The Morgan fingerprint density at radius 3 is 2.62 bits per heavy atom. The van der Waals surface area contributed by atoms with Crippen molar-refractivity contribution < 1.29 is 41.9 Å². The SMILES string of the molecule is Cc1ncc(C[n+]2csc(CCOP(=O)(O)OP(=O)(O)OC(C)O)c2C)c(N)n1. The molecule has 0 radical (unpaired) electrons. The zero-order valence-electron chi connectivity index (χ0n) is 16.0. The fraction of sp³-hybridized carbons (Fsp3) is 0.500. The number of hydrogen-bond acceptors (Lipinski definition) is 10. The van der Waals surface area contributed by atoms with E-state index in [4.69, 9.17) is 15.4 Å². The van der Waals surface area contributed by atoms with Gasteiger partial charge in [0.2, 0.25) is 5.51 Å². The number of aromatic nitrogens is 3. The van der Waals surface area contributed by atoms with Gasteiger partial charge in [0, 0.05) is 19.5 Å². The van der Waals surface area contributed by atoms with Gasteiger partial charge < -0.3 is 20.6 Å². The standard InChI is InChI=1S/C14H22N4O8P2S/c1-9-13(4-5-24-27(20,21)26-28(22,23)25-11(3)19)29-8-18(9)7-12-6-16-10(2)17-14(12)15/h6,8,11,19H,4-5,7H2,1-3H3,(H3-,15,16,17,20,21,22,23)/p+1. The molecule has 0 aromatic carbocycles. The highest BCUT2D eigenvalue weighted by atomic mass is 32.1. The summed E-state index contributed by atoms with van der Waals surface area (Å²) in [4.78, 5) is 28.0. The minimum atomic E-state index is -4.95. The molecular formula is C14H23N4O8P2S+. The second-order valence-electron chi connectivity index (χ2n) is 5.99. The molecule has 0 saturated carbocycles. The summed E-state index contributed by atoms with van der Waals surface area (Å²) in [5.74, 6) is 0.977. The molecule has 12 nitrogen and oxygen atoms in total. The van der Waals surface area contributed by atoms with Gasteiger partial charge in [-0.1, -0.05) is 11.3 Å². The van der Waals surface area contributed by atoms with Crippen LogP contribution in [0, 0.1) is 13.8 Å². The average Bonchev–Trinajstić information content (AvgIpc) is 2.88. The second-order valence-corrected chi connectivity index (χ2v) is 9.93. The maximum Gasteiger partial charge on any atom is 0.483 e. The second kappa shape index (κ2) is 9.69. The number of nitrogen functional groups attached to an aromatic ring is 1. The highest BCUT2D eigenvalue weighted by Crippen LogP contribution is 2.60. The summed E-state index contributed by atoms with van der Waals surface area (Å²) in [6.45, 7) is 4.86. The average molecular weight is 469 g/mol. The van der Waals surface area contributed by atoms with E-state index in [1.54, 1.807) is 13.1 Å². The van der Waals surface area contributed by atoms with Crippen molar-refractivity contribution in [2.75, 3.05) is 12.3 Å². The van der Waals surface area contributed by atoms with Crippen LogP contribution in [0.3, 0.4) is 0 Å². The van der Waals surface area contributed by atoms with Crippen molar-refractivity contribution in [2.45, 2.75) is 40.0 Å². The van der Waals surface area contributed by atoms with E-state index in [2.05, 4.69) is 18.8 Å². The Labute approximate surface area is 171 Å². The minimum Gasteiger partial charge on any atom is -0.383 e. The van der Waals surface area contributed by atoms with Crippen LogP contribution in [-0.4, -0.2) is 37.8 Å². The predicted octanol–water partition coefficient (Wildman–Crippen LogP) is 1.20. The third-order valence-corrected chi connectivity index (χ3v) is 7.47. The maximum atomic E-state index is 11.8. The number of thiazole rings is 1. The van der Waals surface area contributed by atoms with Gasteiger partial charge in [-0.2, -0.15) is 8.88 Å². The normalized spacial score (nSPS) is 16.9. The lowest BCUT2D eigenvalue weighted by Crippen LogP contribution is -2.35. The quantitative estimate of drug-likeness (QED) is 0.223. The molecule has 0 saturated heterocycles. The van der Waals surface area contributed by atoms with Crippen LogP contribution in [-0.2, 0) is 35.5 Å². The summed E-state index contributed by atoms with van der Waals surface area (Å²) in [5, 5.41) is 8.92. The van der Waals surface area contributed by atoms with E-state index >= 15 is 0 Å². The zero-order chi connectivity index (χ0) is 21.8. The number of aryl methyl sites for hydroxylation is 1. The van der Waals surface area contributed by atoms with Crippen molar-refractivity contribution in [1.29, 1.82) is 0 Å². The lowest BCUT2D eigenvalue weighted by molar-refractivity contribution is -0.689. The van der Waals surface area contributed by atoms with Crippen LogP contribution < -0.4 is 10.3 Å². The summed E-state index contributed by atoms with van der Waals surface area (Å²) in [7, 11) is -9.81. The van der Waals surface area contributed by atoms with Crippen molar-refractivity contribution in [3.63, 3.8) is 0 Å². The molecule has 0 bridgehead atoms. The van der Waals surface area contributed by atoms with Gasteiger partial charge in [0.05, 0.1) is 17.0 Å². The molecule has 0 fully saturated rings. The monoisotopic (exact) mass is 469 g/mol. The Bertz CT molecular complexity index is 954. The van der Waals surface area contributed by atoms with Crippen LogP contribution in [0.1, 0.15) is 28.9 Å². The van der Waals surface area contributed by atoms with Gasteiger partial charge in [0.1, 0.15) is 11.6 Å². The van der Waals surface area contributed by atoms with Crippen LogP contribution in [0.25, 0.3) is 0 Å². The Morgan fingerprint density at radius 2 is 2.00 bits per heavy atom. The largest absolute Gasteiger partial charge is 0.483 e. The topological polar surface area (TPSA) is 178 Å². The highest BCUT2D eigenvalue weighted by Gasteiger charge is 2.36. The molecule has 2 heterocycles. The van der Waals surface area contributed by atoms with Gasteiger partial charge in [-0.05, 0) is 13.8 Å². The van der Waals surface area contributed by atoms with E-state index in [0.717, 1.165) is 23.1 Å². The molecule has 15 heteroatoms. The molecule has 0 aliphatic heterocycles. The molecular weight excluding hydrogens is 446 g/mol. The third kappa shape index (κ3) is 7.49. The Hall–Kier alpha value is -1.27. The number of phosphoric acid groups is 2. The number of aliphatic hydroxyl groups excluding tert-OH is 1. The Kier molecular flexibility index (Phi) is 8.02. The molecule has 29 heavy (non-hydrogen) atoms. The first-order valence-electron chi connectivity index (χ1n) is 8.31. The number of phosphoric ester groups is 2. The van der Waals surface area contributed by atoms with Crippen molar-refractivity contribution in [1.82, 2.24) is 9.97 Å². The summed E-state index contributed by atoms with van der Waals surface area (Å²) in [6.07, 6.45) is 0.250. The number of nitrogens with two attached hydrogens (primary N) is 1. The van der Waals surface area contributed by atoms with Crippen molar-refractivity contribution in [3.05, 3.63) is 33.7 Å². The number of nitrogens with zero attached hydrogens (tertiary/aromatic N) is 3. The first kappa shape index (κ1) is 24.0. The molecule has 0 aliphatic rings. The molecule has 5 N–H and O–H groups in total. The van der Waals surface area contributed by atoms with E-state index in [-0.39, 0.29) is 13.0 Å². The first-order valence-corrected chi connectivity index (χ1v) is 12.2. The van der Waals surface area contributed by atoms with Gasteiger partial charge in [-0.15, -0.1) is 0 Å². The van der Waals surface area contributed by atoms with Gasteiger partial charge in [-0.25, -0.2) is 19.1 Å². The molecule has 162 valence electrons. The van der Waals surface area contributed by atoms with Crippen LogP contribution in [0.5, 0.6) is 0 Å². The van der Waals surface area contributed by atoms with Gasteiger partial charge in [-0.3, -0.25) is 9.05 Å². The fourth-order valence-electron chi connectivity index (χ4n) is 2.28. The van der Waals surface area contributed by atoms with Crippen LogP contribution in [0.2, 0.25) is 0 Å². The number of rotatable bonds is 10. The van der Waals surface area contributed by atoms with Crippen LogP contribution in [0.4, 0.5) is 5.82 Å². The van der Waals surface area contributed by atoms with Gasteiger partial charge in [0.15, 0.2) is 18.5 Å².